The lowest BCUT2D eigenvalue weighted by Crippen LogP contribution is -2.07. The molecule has 0 aromatic heterocycles. The molecular weight excluding hydrogens is 328 g/mol. The largest absolute Gasteiger partial charge is 0.170 e. The first-order valence-corrected chi connectivity index (χ1v) is 11.7. The van der Waals surface area contributed by atoms with E-state index < -0.39 is 8.83 Å². The average molecular weight is 351 g/mol. The summed E-state index contributed by atoms with van der Waals surface area (Å²) in [5.74, 6) is 3.43. The van der Waals surface area contributed by atoms with E-state index in [0.717, 1.165) is 12.8 Å². The van der Waals surface area contributed by atoms with Crippen LogP contribution in [0.3, 0.4) is 0 Å². The minimum Gasteiger partial charge on any atom is -0.170 e. The van der Waals surface area contributed by atoms with E-state index in [2.05, 4.69) is 67.2 Å². The van der Waals surface area contributed by atoms with E-state index in [1.807, 2.05) is 0 Å². The van der Waals surface area contributed by atoms with E-state index in [-0.39, 0.29) is 0 Å². The highest BCUT2D eigenvalue weighted by molar-refractivity contribution is 6.98. The Balaban J connectivity index is 1.52. The maximum Gasteiger partial charge on any atom is 0.155 e. The maximum atomic E-state index is 6.38. The number of rotatable bonds is 4. The highest BCUT2D eigenvalue weighted by atomic mass is 35.6. The molecule has 0 heterocycles. The van der Waals surface area contributed by atoms with Gasteiger partial charge in [0, 0.05) is 11.8 Å². The highest BCUT2D eigenvalue weighted by Gasteiger charge is 2.40. The third-order valence-electron chi connectivity index (χ3n) is 6.21. The van der Waals surface area contributed by atoms with E-state index >= 15 is 0 Å². The summed E-state index contributed by atoms with van der Waals surface area (Å²) >= 11 is 6.38. The van der Waals surface area contributed by atoms with Gasteiger partial charge in [0.25, 0.3) is 0 Å². The first kappa shape index (κ1) is 16.0. The number of halogens is 1. The summed E-state index contributed by atoms with van der Waals surface area (Å²) in [6.07, 6.45) is 18.8. The molecule has 0 N–H and O–H groups in total. The monoisotopic (exact) mass is 350 g/mol. The van der Waals surface area contributed by atoms with Gasteiger partial charge in [-0.25, -0.2) is 0 Å². The zero-order chi connectivity index (χ0) is 16.7. The van der Waals surface area contributed by atoms with Crippen molar-refractivity contribution in [2.75, 3.05) is 0 Å². The van der Waals surface area contributed by atoms with Crippen LogP contribution >= 0.6 is 11.1 Å². The summed E-state index contributed by atoms with van der Waals surface area (Å²) in [6, 6.07) is 0. The summed E-state index contributed by atoms with van der Waals surface area (Å²) in [5.41, 5.74) is 9.05. The summed E-state index contributed by atoms with van der Waals surface area (Å²) in [7, 11) is -0.698. The van der Waals surface area contributed by atoms with Crippen molar-refractivity contribution in [3.05, 3.63) is 83.5 Å². The van der Waals surface area contributed by atoms with Crippen LogP contribution in [-0.2, 0) is 0 Å². The number of allylic oxidation sites excluding steroid dienone is 10. The van der Waals surface area contributed by atoms with Crippen LogP contribution in [0.2, 0.25) is 0 Å². The van der Waals surface area contributed by atoms with Gasteiger partial charge in [-0.05, 0) is 47.7 Å². The molecule has 0 nitrogen and oxygen atoms in total. The second-order valence-corrected chi connectivity index (χ2v) is 9.24. The quantitative estimate of drug-likeness (QED) is 0.224. The smallest absolute Gasteiger partial charge is 0.155 e. The molecule has 6 atom stereocenters. The molecule has 0 saturated heterocycles. The number of fused-ring (bicyclic) bond motifs is 4. The van der Waals surface area contributed by atoms with Crippen LogP contribution in [0.1, 0.15) is 12.8 Å². The SMILES string of the molecule is C=C=C1CC2C=CC1C2C=CC(=CC1C2C=CC1C(=C=C)C2)[SiH2]Cl. The fourth-order valence-corrected chi connectivity index (χ4v) is 6.07. The van der Waals surface area contributed by atoms with Gasteiger partial charge >= 0.3 is 0 Å². The second kappa shape index (κ2) is 6.43. The van der Waals surface area contributed by atoms with Crippen molar-refractivity contribution in [2.45, 2.75) is 12.8 Å². The molecular formula is C22H23ClSi. The van der Waals surface area contributed by atoms with Crippen molar-refractivity contribution < 1.29 is 0 Å². The van der Waals surface area contributed by atoms with Crippen molar-refractivity contribution in [1.82, 2.24) is 0 Å². The molecule has 4 aliphatic rings. The zero-order valence-electron chi connectivity index (χ0n) is 13.9. The molecule has 122 valence electrons. The van der Waals surface area contributed by atoms with E-state index in [4.69, 9.17) is 11.1 Å². The Labute approximate surface area is 151 Å². The van der Waals surface area contributed by atoms with Gasteiger partial charge in [-0.3, -0.25) is 0 Å². The molecule has 0 aromatic carbocycles. The molecule has 4 bridgehead atoms. The van der Waals surface area contributed by atoms with E-state index in [1.165, 1.54) is 16.3 Å². The molecule has 4 rings (SSSR count). The Bertz CT molecular complexity index is 768. The first-order chi connectivity index (χ1) is 11.7. The third kappa shape index (κ3) is 2.53. The van der Waals surface area contributed by atoms with Gasteiger partial charge in [0.2, 0.25) is 0 Å². The average Bonchev–Trinajstić information content (AvgIpc) is 3.36. The Morgan fingerprint density at radius 3 is 2.12 bits per heavy atom. The van der Waals surface area contributed by atoms with E-state index in [9.17, 15) is 0 Å². The van der Waals surface area contributed by atoms with E-state index in [0.29, 0.717) is 35.5 Å². The maximum absolute atomic E-state index is 6.38. The minimum atomic E-state index is -0.698. The van der Waals surface area contributed by atoms with Gasteiger partial charge in [-0.1, -0.05) is 60.9 Å². The van der Waals surface area contributed by atoms with Crippen LogP contribution in [-0.4, -0.2) is 8.83 Å². The Morgan fingerprint density at radius 2 is 1.58 bits per heavy atom. The Morgan fingerprint density at radius 1 is 1.00 bits per heavy atom. The van der Waals surface area contributed by atoms with Crippen molar-refractivity contribution >= 4 is 19.9 Å². The van der Waals surface area contributed by atoms with Gasteiger partial charge in [-0.15, -0.1) is 11.5 Å². The number of hydrogen-bond acceptors (Lipinski definition) is 0. The minimum absolute atomic E-state index is 0.507. The standard InChI is InChI=1S/C22H23ClSi/c1-3-14-11-16-5-8-19(14)21(16)10-7-18(24-23)13-22-17-6-9-20(22)15(4-2)12-17/h5-10,13,16-17,19-22H,1-2,11-12,24H2. The molecule has 2 heteroatoms. The highest BCUT2D eigenvalue weighted by Crippen LogP contribution is 2.49. The summed E-state index contributed by atoms with van der Waals surface area (Å²) in [4.78, 5) is 0. The molecule has 24 heavy (non-hydrogen) atoms. The van der Waals surface area contributed by atoms with Gasteiger partial charge in [0.15, 0.2) is 8.83 Å². The van der Waals surface area contributed by atoms with Crippen molar-refractivity contribution in [3.63, 3.8) is 0 Å². The summed E-state index contributed by atoms with van der Waals surface area (Å²) in [6.45, 7) is 7.70. The summed E-state index contributed by atoms with van der Waals surface area (Å²) < 4.78 is 0. The van der Waals surface area contributed by atoms with Gasteiger partial charge < -0.3 is 0 Å². The van der Waals surface area contributed by atoms with E-state index in [1.54, 1.807) is 0 Å². The van der Waals surface area contributed by atoms with Gasteiger partial charge in [0.1, 0.15) is 0 Å². The Hall–Kier alpha value is -1.49. The molecule has 0 aromatic rings. The van der Waals surface area contributed by atoms with Gasteiger partial charge in [0.05, 0.1) is 0 Å². The fourth-order valence-electron chi connectivity index (χ4n) is 4.95. The Kier molecular flexibility index (Phi) is 4.29. The van der Waals surface area contributed by atoms with Crippen LogP contribution in [0.5, 0.6) is 0 Å². The molecule has 0 aliphatic heterocycles. The van der Waals surface area contributed by atoms with Crippen molar-refractivity contribution in [3.8, 4) is 0 Å². The predicted molar refractivity (Wildman–Crippen MR) is 105 cm³/mol. The predicted octanol–water partition coefficient (Wildman–Crippen LogP) is 4.82. The summed E-state index contributed by atoms with van der Waals surface area (Å²) in [5, 5.41) is 1.38. The van der Waals surface area contributed by atoms with Crippen LogP contribution in [0, 0.1) is 35.5 Å². The molecule has 2 fully saturated rings. The molecule has 0 amide bonds. The second-order valence-electron chi connectivity index (χ2n) is 7.35. The lowest BCUT2D eigenvalue weighted by Gasteiger charge is -2.13. The lowest BCUT2D eigenvalue weighted by molar-refractivity contribution is 0.536. The van der Waals surface area contributed by atoms with Crippen LogP contribution in [0.4, 0.5) is 0 Å². The lowest BCUT2D eigenvalue weighted by atomic mass is 9.93. The third-order valence-corrected chi connectivity index (χ3v) is 7.92. The van der Waals surface area contributed by atoms with Crippen LogP contribution in [0.25, 0.3) is 0 Å². The molecule has 6 unspecified atom stereocenters. The van der Waals surface area contributed by atoms with Crippen molar-refractivity contribution in [1.29, 1.82) is 0 Å². The van der Waals surface area contributed by atoms with Crippen LogP contribution < -0.4 is 0 Å². The molecule has 0 radical (unpaired) electrons. The normalized spacial score (nSPS) is 39.8. The van der Waals surface area contributed by atoms with Crippen LogP contribution in [0.15, 0.2) is 83.5 Å². The topological polar surface area (TPSA) is 0 Å². The van der Waals surface area contributed by atoms with Crippen molar-refractivity contribution in [2.24, 2.45) is 35.5 Å². The molecule has 0 spiro atoms. The zero-order valence-corrected chi connectivity index (χ0v) is 16.1. The molecule has 4 aliphatic carbocycles. The van der Waals surface area contributed by atoms with Gasteiger partial charge in [-0.2, -0.15) is 11.1 Å². The fraction of sp³-hybridized carbons (Fsp3) is 0.364. The number of hydrogen-bond donors (Lipinski definition) is 0. The molecule has 2 saturated carbocycles. The first-order valence-electron chi connectivity index (χ1n) is 8.84.